The Morgan fingerprint density at radius 1 is 1.10 bits per heavy atom. The molecule has 0 aromatic heterocycles. The zero-order valence-electron chi connectivity index (χ0n) is 12.1. The van der Waals surface area contributed by atoms with Crippen molar-refractivity contribution >= 4 is 41.5 Å². The van der Waals surface area contributed by atoms with Gasteiger partial charge >= 0.3 is 41.5 Å². The molecule has 1 fully saturated rings. The van der Waals surface area contributed by atoms with Crippen molar-refractivity contribution in [1.82, 2.24) is 5.32 Å². The molecule has 1 atom stereocenters. The third-order valence-electron chi connectivity index (χ3n) is 3.54. The average molecular weight is 293 g/mol. The standard InChI is InChI=1S/C15H27NO3.Na.H/c1-2-3-4-5-6-7-8-11-14(17)19-15(18)13-10-9-12-16-13;;/h13,16H,2-12H2,1H3;;/t13-;;/m0../s1. The predicted molar refractivity (Wildman–Crippen MR) is 81.9 cm³/mol. The number of hydrogen-bond acceptors (Lipinski definition) is 4. The summed E-state index contributed by atoms with van der Waals surface area (Å²) in [5, 5.41) is 3.03. The fourth-order valence-electron chi connectivity index (χ4n) is 2.35. The Kier molecular flexibility index (Phi) is 12.9. The molecule has 1 heterocycles. The normalized spacial score (nSPS) is 17.6. The van der Waals surface area contributed by atoms with Crippen molar-refractivity contribution in [3.8, 4) is 0 Å². The van der Waals surface area contributed by atoms with Crippen LogP contribution in [0.2, 0.25) is 0 Å². The summed E-state index contributed by atoms with van der Waals surface area (Å²) in [4.78, 5) is 23.0. The number of carbonyl (C=O) groups excluding carboxylic acids is 2. The summed E-state index contributed by atoms with van der Waals surface area (Å²) in [6.07, 6.45) is 10.3. The van der Waals surface area contributed by atoms with Crippen molar-refractivity contribution in [2.24, 2.45) is 0 Å². The van der Waals surface area contributed by atoms with E-state index in [0.717, 1.165) is 32.2 Å². The molecule has 20 heavy (non-hydrogen) atoms. The van der Waals surface area contributed by atoms with E-state index in [4.69, 9.17) is 4.74 Å². The molecule has 1 rings (SSSR count). The van der Waals surface area contributed by atoms with Crippen molar-refractivity contribution in [2.45, 2.75) is 77.2 Å². The van der Waals surface area contributed by atoms with Gasteiger partial charge in [-0.1, -0.05) is 45.4 Å². The van der Waals surface area contributed by atoms with E-state index in [-0.39, 0.29) is 41.6 Å². The Balaban J connectivity index is 0.00000361. The predicted octanol–water partition coefficient (Wildman–Crippen LogP) is 2.30. The Labute approximate surface area is 144 Å². The van der Waals surface area contributed by atoms with Crippen LogP contribution < -0.4 is 5.32 Å². The molecule has 112 valence electrons. The molecule has 0 saturated carbocycles. The van der Waals surface area contributed by atoms with Gasteiger partial charge in [-0.2, -0.15) is 0 Å². The van der Waals surface area contributed by atoms with Crippen molar-refractivity contribution in [3.63, 3.8) is 0 Å². The quantitative estimate of drug-likeness (QED) is 0.307. The molecule has 1 N–H and O–H groups in total. The SMILES string of the molecule is CCCCCCCCCC(=O)OC(=O)[C@@H]1CCCN1.[NaH]. The van der Waals surface area contributed by atoms with E-state index in [1.54, 1.807) is 0 Å². The molecule has 0 aliphatic carbocycles. The number of unbranched alkanes of at least 4 members (excludes halogenated alkanes) is 6. The Bertz CT molecular complexity index is 278. The molecule has 0 aromatic rings. The molecular formula is C15H28NNaO3. The monoisotopic (exact) mass is 293 g/mol. The van der Waals surface area contributed by atoms with Gasteiger partial charge in [-0.25, -0.2) is 4.79 Å². The second kappa shape index (κ2) is 12.8. The maximum absolute atomic E-state index is 11.6. The summed E-state index contributed by atoms with van der Waals surface area (Å²) in [7, 11) is 0. The first-order valence-corrected chi connectivity index (χ1v) is 7.72. The van der Waals surface area contributed by atoms with Crippen LogP contribution in [0.1, 0.15) is 71.1 Å². The second-order valence-electron chi connectivity index (χ2n) is 5.31. The molecule has 4 nitrogen and oxygen atoms in total. The number of nitrogens with one attached hydrogen (secondary N) is 1. The van der Waals surface area contributed by atoms with Crippen molar-refractivity contribution in [2.75, 3.05) is 6.54 Å². The average Bonchev–Trinajstić information content (AvgIpc) is 2.91. The molecule has 0 radical (unpaired) electrons. The zero-order valence-corrected chi connectivity index (χ0v) is 12.1. The number of hydrogen-bond donors (Lipinski definition) is 1. The summed E-state index contributed by atoms with van der Waals surface area (Å²) in [5.74, 6) is -0.766. The van der Waals surface area contributed by atoms with Gasteiger partial charge in [-0.3, -0.25) is 4.79 Å². The van der Waals surface area contributed by atoms with Crippen LogP contribution in [0.15, 0.2) is 0 Å². The van der Waals surface area contributed by atoms with E-state index in [1.807, 2.05) is 0 Å². The minimum atomic E-state index is -0.398. The molecule has 0 aromatic carbocycles. The summed E-state index contributed by atoms with van der Waals surface area (Å²) in [6, 6.07) is -0.266. The van der Waals surface area contributed by atoms with Crippen LogP contribution in [0.5, 0.6) is 0 Å². The Morgan fingerprint density at radius 2 is 1.75 bits per heavy atom. The first-order valence-electron chi connectivity index (χ1n) is 7.72. The number of rotatable bonds is 9. The summed E-state index contributed by atoms with van der Waals surface area (Å²) < 4.78 is 4.84. The van der Waals surface area contributed by atoms with Crippen LogP contribution >= 0.6 is 0 Å². The molecule has 0 unspecified atom stereocenters. The van der Waals surface area contributed by atoms with E-state index < -0.39 is 5.97 Å². The van der Waals surface area contributed by atoms with Gasteiger partial charge in [-0.15, -0.1) is 0 Å². The molecule has 0 bridgehead atoms. The molecular weight excluding hydrogens is 265 g/mol. The molecule has 0 amide bonds. The first-order chi connectivity index (χ1) is 9.24. The Hall–Kier alpha value is 0.1000. The molecule has 1 saturated heterocycles. The van der Waals surface area contributed by atoms with Crippen LogP contribution in [0, 0.1) is 0 Å². The summed E-state index contributed by atoms with van der Waals surface area (Å²) >= 11 is 0. The van der Waals surface area contributed by atoms with Crippen LogP contribution in [-0.4, -0.2) is 54.1 Å². The van der Waals surface area contributed by atoms with Gasteiger partial charge in [0.25, 0.3) is 0 Å². The second-order valence-corrected chi connectivity index (χ2v) is 5.31. The van der Waals surface area contributed by atoms with Gasteiger partial charge in [0.15, 0.2) is 0 Å². The van der Waals surface area contributed by atoms with E-state index in [1.165, 1.54) is 32.1 Å². The fourth-order valence-corrected chi connectivity index (χ4v) is 2.35. The fraction of sp³-hybridized carbons (Fsp3) is 0.867. The van der Waals surface area contributed by atoms with Gasteiger partial charge in [0.05, 0.1) is 0 Å². The van der Waals surface area contributed by atoms with E-state index in [2.05, 4.69) is 12.2 Å². The van der Waals surface area contributed by atoms with Crippen molar-refractivity contribution < 1.29 is 14.3 Å². The van der Waals surface area contributed by atoms with Crippen LogP contribution in [0.25, 0.3) is 0 Å². The van der Waals surface area contributed by atoms with E-state index >= 15 is 0 Å². The summed E-state index contributed by atoms with van der Waals surface area (Å²) in [5.41, 5.74) is 0. The zero-order chi connectivity index (χ0) is 13.9. The molecule has 1 aliphatic heterocycles. The van der Waals surface area contributed by atoms with E-state index in [9.17, 15) is 9.59 Å². The van der Waals surface area contributed by atoms with Gasteiger partial charge in [0.2, 0.25) is 0 Å². The maximum atomic E-state index is 11.6. The van der Waals surface area contributed by atoms with E-state index in [0.29, 0.717) is 6.42 Å². The van der Waals surface area contributed by atoms with Gasteiger partial charge in [0, 0.05) is 6.42 Å². The minimum absolute atomic E-state index is 0. The summed E-state index contributed by atoms with van der Waals surface area (Å²) in [6.45, 7) is 3.04. The number of ether oxygens (including phenoxy) is 1. The van der Waals surface area contributed by atoms with Gasteiger partial charge < -0.3 is 10.1 Å². The third-order valence-corrected chi connectivity index (χ3v) is 3.54. The molecule has 1 aliphatic rings. The molecule has 0 spiro atoms. The topological polar surface area (TPSA) is 55.4 Å². The number of carbonyl (C=O) groups is 2. The Morgan fingerprint density at radius 3 is 2.35 bits per heavy atom. The van der Waals surface area contributed by atoms with Crippen LogP contribution in [0.4, 0.5) is 0 Å². The van der Waals surface area contributed by atoms with Crippen molar-refractivity contribution in [1.29, 1.82) is 0 Å². The third kappa shape index (κ3) is 9.11. The number of esters is 2. The molecule has 5 heteroatoms. The van der Waals surface area contributed by atoms with Crippen LogP contribution in [0.3, 0.4) is 0 Å². The first kappa shape index (κ1) is 20.1. The van der Waals surface area contributed by atoms with Crippen molar-refractivity contribution in [3.05, 3.63) is 0 Å². The van der Waals surface area contributed by atoms with Gasteiger partial charge in [0.1, 0.15) is 6.04 Å². The van der Waals surface area contributed by atoms with Gasteiger partial charge in [-0.05, 0) is 25.8 Å². The van der Waals surface area contributed by atoms with Crippen LogP contribution in [-0.2, 0) is 14.3 Å².